The lowest BCUT2D eigenvalue weighted by Crippen LogP contribution is -2.47. The van der Waals surface area contributed by atoms with Gasteiger partial charge in [0.15, 0.2) is 0 Å². The Bertz CT molecular complexity index is 414. The van der Waals surface area contributed by atoms with Gasteiger partial charge in [0.2, 0.25) is 0 Å². The fraction of sp³-hybridized carbons (Fsp3) is 1.00. The SMILES string of the molecule is CCCC12CCC(C(C)(C)CC(C)C)(CCC1C(C)(CC)CC)C2. The van der Waals surface area contributed by atoms with Gasteiger partial charge in [-0.05, 0) is 78.4 Å². The Morgan fingerprint density at radius 3 is 2.08 bits per heavy atom. The maximum Gasteiger partial charge on any atom is -0.0240 e. The first-order chi connectivity index (χ1) is 11.1. The second kappa shape index (κ2) is 6.96. The van der Waals surface area contributed by atoms with Crippen molar-refractivity contribution in [2.24, 2.45) is 33.5 Å². The smallest absolute Gasteiger partial charge is 0.0240 e. The molecule has 0 saturated heterocycles. The normalized spacial score (nSPS) is 34.1. The maximum atomic E-state index is 2.61. The van der Waals surface area contributed by atoms with E-state index >= 15 is 0 Å². The second-order valence-electron chi connectivity index (χ2n) is 11.0. The van der Waals surface area contributed by atoms with Crippen LogP contribution in [0.4, 0.5) is 0 Å². The highest BCUT2D eigenvalue weighted by Crippen LogP contribution is 2.71. The zero-order valence-electron chi connectivity index (χ0n) is 18.2. The maximum absolute atomic E-state index is 2.61. The highest BCUT2D eigenvalue weighted by molar-refractivity contribution is 5.11. The second-order valence-corrected chi connectivity index (χ2v) is 11.0. The van der Waals surface area contributed by atoms with Gasteiger partial charge in [0, 0.05) is 0 Å². The van der Waals surface area contributed by atoms with E-state index in [9.17, 15) is 0 Å². The largest absolute Gasteiger partial charge is 0.0654 e. The van der Waals surface area contributed by atoms with Crippen LogP contribution in [0.25, 0.3) is 0 Å². The predicted molar refractivity (Wildman–Crippen MR) is 108 cm³/mol. The zero-order valence-corrected chi connectivity index (χ0v) is 18.2. The Hall–Kier alpha value is 0. The first-order valence-electron chi connectivity index (χ1n) is 11.1. The van der Waals surface area contributed by atoms with E-state index in [0.29, 0.717) is 21.7 Å². The van der Waals surface area contributed by atoms with Crippen molar-refractivity contribution in [2.45, 2.75) is 120 Å². The molecule has 0 aromatic rings. The van der Waals surface area contributed by atoms with Crippen LogP contribution in [0.15, 0.2) is 0 Å². The minimum Gasteiger partial charge on any atom is -0.0654 e. The fourth-order valence-electron chi connectivity index (χ4n) is 7.45. The molecule has 2 rings (SSSR count). The fourth-order valence-corrected chi connectivity index (χ4v) is 7.45. The van der Waals surface area contributed by atoms with Gasteiger partial charge in [-0.3, -0.25) is 0 Å². The molecule has 3 atom stereocenters. The van der Waals surface area contributed by atoms with E-state index in [1.165, 1.54) is 64.2 Å². The summed E-state index contributed by atoms with van der Waals surface area (Å²) in [5.74, 6) is 1.79. The molecule has 24 heavy (non-hydrogen) atoms. The van der Waals surface area contributed by atoms with E-state index in [1.54, 1.807) is 0 Å². The number of fused-ring (bicyclic) bond motifs is 2. The summed E-state index contributed by atoms with van der Waals surface area (Å²) < 4.78 is 0. The summed E-state index contributed by atoms with van der Waals surface area (Å²) in [6, 6.07) is 0. The van der Waals surface area contributed by atoms with Crippen molar-refractivity contribution in [1.29, 1.82) is 0 Å². The Kier molecular flexibility index (Phi) is 5.89. The first kappa shape index (κ1) is 20.3. The molecule has 2 aliphatic rings. The van der Waals surface area contributed by atoms with Crippen LogP contribution in [0.3, 0.4) is 0 Å². The van der Waals surface area contributed by atoms with Crippen molar-refractivity contribution in [3.63, 3.8) is 0 Å². The van der Waals surface area contributed by atoms with Crippen molar-refractivity contribution >= 4 is 0 Å². The van der Waals surface area contributed by atoms with Crippen LogP contribution in [-0.2, 0) is 0 Å². The molecule has 2 saturated carbocycles. The summed E-state index contributed by atoms with van der Waals surface area (Å²) in [6.07, 6.45) is 14.5. The van der Waals surface area contributed by atoms with E-state index in [0.717, 1.165) is 11.8 Å². The molecule has 2 fully saturated rings. The highest BCUT2D eigenvalue weighted by atomic mass is 14.7. The zero-order chi connectivity index (χ0) is 18.2. The summed E-state index contributed by atoms with van der Waals surface area (Å²) in [5.41, 5.74) is 2.36. The molecular formula is C24H46. The van der Waals surface area contributed by atoms with Gasteiger partial charge in [0.25, 0.3) is 0 Å². The average Bonchev–Trinajstić information content (AvgIpc) is 2.80. The molecule has 0 aromatic heterocycles. The Morgan fingerprint density at radius 1 is 0.958 bits per heavy atom. The van der Waals surface area contributed by atoms with Crippen LogP contribution < -0.4 is 0 Å². The van der Waals surface area contributed by atoms with Gasteiger partial charge in [0.05, 0.1) is 0 Å². The summed E-state index contributed by atoms with van der Waals surface area (Å²) in [6.45, 7) is 20.0. The molecule has 0 heteroatoms. The van der Waals surface area contributed by atoms with Crippen LogP contribution >= 0.6 is 0 Å². The van der Waals surface area contributed by atoms with Gasteiger partial charge >= 0.3 is 0 Å². The van der Waals surface area contributed by atoms with E-state index in [-0.39, 0.29) is 0 Å². The molecule has 3 unspecified atom stereocenters. The Labute approximate surface area is 153 Å². The minimum atomic E-state index is 0.510. The third-order valence-corrected chi connectivity index (χ3v) is 9.00. The standard InChI is InChI=1S/C24H46/c1-9-13-23-15-16-24(18-23,21(6,7)17-19(4)5)14-12-20(23)22(8,10-2)11-3/h19-20H,9-18H2,1-8H3. The lowest BCUT2D eigenvalue weighted by molar-refractivity contribution is -0.0687. The van der Waals surface area contributed by atoms with Crippen LogP contribution in [0.1, 0.15) is 120 Å². The lowest BCUT2D eigenvalue weighted by atomic mass is 9.48. The van der Waals surface area contributed by atoms with E-state index < -0.39 is 0 Å². The molecule has 0 spiro atoms. The predicted octanol–water partition coefficient (Wildman–Crippen LogP) is 8.25. The monoisotopic (exact) mass is 334 g/mol. The molecule has 0 nitrogen and oxygen atoms in total. The molecule has 2 aliphatic carbocycles. The van der Waals surface area contributed by atoms with Gasteiger partial charge in [0.1, 0.15) is 0 Å². The van der Waals surface area contributed by atoms with Gasteiger partial charge in [-0.2, -0.15) is 0 Å². The van der Waals surface area contributed by atoms with Crippen LogP contribution in [0.5, 0.6) is 0 Å². The number of hydrogen-bond donors (Lipinski definition) is 0. The van der Waals surface area contributed by atoms with Crippen LogP contribution in [0, 0.1) is 33.5 Å². The van der Waals surface area contributed by atoms with Crippen LogP contribution in [0.2, 0.25) is 0 Å². The first-order valence-corrected chi connectivity index (χ1v) is 11.1. The van der Waals surface area contributed by atoms with Gasteiger partial charge in [-0.25, -0.2) is 0 Å². The van der Waals surface area contributed by atoms with Crippen molar-refractivity contribution in [3.8, 4) is 0 Å². The molecule has 0 aliphatic heterocycles. The number of rotatable bonds is 8. The molecule has 0 amide bonds. The minimum absolute atomic E-state index is 0.510. The summed E-state index contributed by atoms with van der Waals surface area (Å²) in [7, 11) is 0. The Balaban J connectivity index is 2.35. The molecule has 0 heterocycles. The average molecular weight is 335 g/mol. The van der Waals surface area contributed by atoms with E-state index in [4.69, 9.17) is 0 Å². The van der Waals surface area contributed by atoms with Gasteiger partial charge < -0.3 is 0 Å². The van der Waals surface area contributed by atoms with E-state index in [2.05, 4.69) is 55.4 Å². The molecule has 142 valence electrons. The topological polar surface area (TPSA) is 0 Å². The van der Waals surface area contributed by atoms with E-state index in [1.807, 2.05) is 0 Å². The summed E-state index contributed by atoms with van der Waals surface area (Å²) in [4.78, 5) is 0. The molecule has 0 aromatic carbocycles. The third-order valence-electron chi connectivity index (χ3n) is 9.00. The number of hydrogen-bond acceptors (Lipinski definition) is 0. The van der Waals surface area contributed by atoms with Gasteiger partial charge in [-0.15, -0.1) is 0 Å². The van der Waals surface area contributed by atoms with Gasteiger partial charge in [-0.1, -0.05) is 74.7 Å². The quantitative estimate of drug-likeness (QED) is 0.419. The third kappa shape index (κ3) is 3.21. The van der Waals surface area contributed by atoms with Crippen LogP contribution in [-0.4, -0.2) is 0 Å². The highest BCUT2D eigenvalue weighted by Gasteiger charge is 2.62. The lowest BCUT2D eigenvalue weighted by Gasteiger charge is -2.56. The summed E-state index contributed by atoms with van der Waals surface area (Å²) in [5, 5.41) is 0. The summed E-state index contributed by atoms with van der Waals surface area (Å²) >= 11 is 0. The van der Waals surface area contributed by atoms with Crippen molar-refractivity contribution in [2.75, 3.05) is 0 Å². The molecular weight excluding hydrogens is 288 g/mol. The molecule has 0 radical (unpaired) electrons. The van der Waals surface area contributed by atoms with Crippen molar-refractivity contribution < 1.29 is 0 Å². The van der Waals surface area contributed by atoms with Crippen molar-refractivity contribution in [1.82, 2.24) is 0 Å². The molecule has 2 bridgehead atoms. The van der Waals surface area contributed by atoms with Crippen molar-refractivity contribution in [3.05, 3.63) is 0 Å². The molecule has 0 N–H and O–H groups in total. The Morgan fingerprint density at radius 2 is 1.58 bits per heavy atom.